The van der Waals surface area contributed by atoms with Crippen molar-refractivity contribution >= 4 is 15.9 Å². The number of rotatable bonds is 2. The van der Waals surface area contributed by atoms with E-state index in [2.05, 4.69) is 27.3 Å². The van der Waals surface area contributed by atoms with E-state index in [0.29, 0.717) is 5.56 Å². The molecule has 0 aromatic heterocycles. The fourth-order valence-electron chi connectivity index (χ4n) is 2.73. The second-order valence-corrected chi connectivity index (χ2v) is 6.29. The number of hydrogen-bond acceptors (Lipinski definition) is 2. The van der Waals surface area contributed by atoms with Crippen LogP contribution in [0.3, 0.4) is 0 Å². The smallest absolute Gasteiger partial charge is 0.126 e. The number of nitrogens with one attached hydrogen (secondary N) is 1. The molecule has 2 nitrogen and oxygen atoms in total. The molecule has 1 heterocycles. The molecular formula is C17H17BrFNO. The molecule has 3 rings (SSSR count). The first kappa shape index (κ1) is 14.5. The zero-order valence-electron chi connectivity index (χ0n) is 12.0. The van der Waals surface area contributed by atoms with Crippen molar-refractivity contribution in [3.8, 4) is 5.75 Å². The predicted molar refractivity (Wildman–Crippen MR) is 85.1 cm³/mol. The molecule has 1 aliphatic heterocycles. The first-order valence-corrected chi connectivity index (χ1v) is 7.77. The highest BCUT2D eigenvalue weighted by Gasteiger charge is 2.28. The molecule has 110 valence electrons. The lowest BCUT2D eigenvalue weighted by molar-refractivity contribution is 0.153. The fraction of sp³-hybridized carbons (Fsp3) is 0.294. The van der Waals surface area contributed by atoms with E-state index in [4.69, 9.17) is 4.74 Å². The highest BCUT2D eigenvalue weighted by Crippen LogP contribution is 2.41. The van der Waals surface area contributed by atoms with Crippen LogP contribution < -0.4 is 10.1 Å². The van der Waals surface area contributed by atoms with Crippen molar-refractivity contribution in [3.05, 3.63) is 63.4 Å². The van der Waals surface area contributed by atoms with E-state index in [-0.39, 0.29) is 18.0 Å². The van der Waals surface area contributed by atoms with Gasteiger partial charge in [-0.1, -0.05) is 28.1 Å². The van der Waals surface area contributed by atoms with E-state index >= 15 is 0 Å². The van der Waals surface area contributed by atoms with Crippen LogP contribution in [0.25, 0.3) is 0 Å². The number of ether oxygens (including phenoxy) is 1. The molecule has 2 atom stereocenters. The third-order valence-corrected chi connectivity index (χ3v) is 4.48. The molecule has 0 radical (unpaired) electrons. The maximum absolute atomic E-state index is 13.8. The standard InChI is InChI=1S/C17H17BrFNO/c1-10-3-4-11(7-14(10)19)17-9-15(20-2)13-8-12(18)5-6-16(13)21-17/h3-8,15,17,20H,9H2,1-2H3. The van der Waals surface area contributed by atoms with Crippen molar-refractivity contribution in [2.24, 2.45) is 0 Å². The first-order chi connectivity index (χ1) is 10.1. The van der Waals surface area contributed by atoms with E-state index in [1.54, 1.807) is 19.1 Å². The Labute approximate surface area is 132 Å². The zero-order valence-corrected chi connectivity index (χ0v) is 13.6. The normalized spacial score (nSPS) is 20.8. The SMILES string of the molecule is CNC1CC(c2ccc(C)c(F)c2)Oc2ccc(Br)cc21. The van der Waals surface area contributed by atoms with Crippen LogP contribution in [0, 0.1) is 12.7 Å². The molecule has 1 N–H and O–H groups in total. The number of aryl methyl sites for hydroxylation is 1. The number of halogens is 2. The van der Waals surface area contributed by atoms with Gasteiger partial charge in [0.2, 0.25) is 0 Å². The van der Waals surface area contributed by atoms with Crippen LogP contribution >= 0.6 is 15.9 Å². The average Bonchev–Trinajstić information content (AvgIpc) is 2.49. The zero-order chi connectivity index (χ0) is 15.0. The summed E-state index contributed by atoms with van der Waals surface area (Å²) in [6.07, 6.45) is 0.647. The molecular weight excluding hydrogens is 333 g/mol. The topological polar surface area (TPSA) is 21.3 Å². The minimum Gasteiger partial charge on any atom is -0.485 e. The quantitative estimate of drug-likeness (QED) is 0.849. The van der Waals surface area contributed by atoms with Crippen molar-refractivity contribution in [2.45, 2.75) is 25.5 Å². The molecule has 0 spiro atoms. The van der Waals surface area contributed by atoms with Crippen LogP contribution in [-0.4, -0.2) is 7.05 Å². The van der Waals surface area contributed by atoms with Crippen molar-refractivity contribution in [1.29, 1.82) is 0 Å². The van der Waals surface area contributed by atoms with Crippen molar-refractivity contribution in [2.75, 3.05) is 7.05 Å². The Balaban J connectivity index is 1.96. The second-order valence-electron chi connectivity index (χ2n) is 5.37. The second kappa shape index (κ2) is 5.78. The Morgan fingerprint density at radius 1 is 1.24 bits per heavy atom. The van der Waals surface area contributed by atoms with Crippen molar-refractivity contribution in [3.63, 3.8) is 0 Å². The minimum atomic E-state index is -0.182. The highest BCUT2D eigenvalue weighted by molar-refractivity contribution is 9.10. The fourth-order valence-corrected chi connectivity index (χ4v) is 3.11. The lowest BCUT2D eigenvalue weighted by Gasteiger charge is -2.32. The van der Waals surface area contributed by atoms with Gasteiger partial charge in [-0.15, -0.1) is 0 Å². The van der Waals surface area contributed by atoms with Crippen LogP contribution in [-0.2, 0) is 0 Å². The van der Waals surface area contributed by atoms with E-state index in [1.807, 2.05) is 25.2 Å². The van der Waals surface area contributed by atoms with Gasteiger partial charge in [0.05, 0.1) is 0 Å². The summed E-state index contributed by atoms with van der Waals surface area (Å²) >= 11 is 3.49. The monoisotopic (exact) mass is 349 g/mol. The summed E-state index contributed by atoms with van der Waals surface area (Å²) in [5, 5.41) is 3.32. The van der Waals surface area contributed by atoms with Gasteiger partial charge in [-0.3, -0.25) is 0 Å². The summed E-state index contributed by atoms with van der Waals surface area (Å²) in [4.78, 5) is 0. The third-order valence-electron chi connectivity index (χ3n) is 3.98. The summed E-state index contributed by atoms with van der Waals surface area (Å²) in [6.45, 7) is 1.77. The maximum atomic E-state index is 13.8. The van der Waals surface area contributed by atoms with Gasteiger partial charge >= 0.3 is 0 Å². The van der Waals surface area contributed by atoms with Crippen LogP contribution in [0.5, 0.6) is 5.75 Å². The molecule has 0 fully saturated rings. The number of benzene rings is 2. The first-order valence-electron chi connectivity index (χ1n) is 6.98. The summed E-state index contributed by atoms with van der Waals surface area (Å²) in [5.74, 6) is 0.675. The van der Waals surface area contributed by atoms with Gasteiger partial charge in [0.25, 0.3) is 0 Å². The summed E-state index contributed by atoms with van der Waals surface area (Å²) < 4.78 is 20.9. The molecule has 4 heteroatoms. The summed E-state index contributed by atoms with van der Waals surface area (Å²) in [7, 11) is 1.94. The highest BCUT2D eigenvalue weighted by atomic mass is 79.9. The van der Waals surface area contributed by atoms with Gasteiger partial charge in [0.15, 0.2) is 0 Å². The van der Waals surface area contributed by atoms with Gasteiger partial charge in [-0.05, 0) is 49.4 Å². The Bertz CT molecular complexity index is 674. The van der Waals surface area contributed by atoms with Crippen LogP contribution in [0.2, 0.25) is 0 Å². The van der Waals surface area contributed by atoms with Crippen LogP contribution in [0.1, 0.15) is 35.3 Å². The lowest BCUT2D eigenvalue weighted by Crippen LogP contribution is -2.26. The van der Waals surface area contributed by atoms with E-state index in [0.717, 1.165) is 27.8 Å². The van der Waals surface area contributed by atoms with E-state index in [1.165, 1.54) is 0 Å². The van der Waals surface area contributed by atoms with Gasteiger partial charge in [0, 0.05) is 22.5 Å². The predicted octanol–water partition coefficient (Wildman–Crippen LogP) is 4.68. The Morgan fingerprint density at radius 3 is 2.76 bits per heavy atom. The van der Waals surface area contributed by atoms with Gasteiger partial charge in [-0.25, -0.2) is 4.39 Å². The number of hydrogen-bond donors (Lipinski definition) is 1. The Hall–Kier alpha value is -1.39. The molecule has 0 amide bonds. The Kier molecular flexibility index (Phi) is 4.00. The van der Waals surface area contributed by atoms with Crippen molar-refractivity contribution < 1.29 is 9.13 Å². The van der Waals surface area contributed by atoms with E-state index in [9.17, 15) is 4.39 Å². The lowest BCUT2D eigenvalue weighted by atomic mass is 9.92. The average molecular weight is 350 g/mol. The van der Waals surface area contributed by atoms with Gasteiger partial charge in [-0.2, -0.15) is 0 Å². The maximum Gasteiger partial charge on any atom is 0.126 e. The molecule has 2 aromatic rings. The molecule has 21 heavy (non-hydrogen) atoms. The summed E-state index contributed by atoms with van der Waals surface area (Å²) in [5.41, 5.74) is 2.67. The summed E-state index contributed by atoms with van der Waals surface area (Å²) in [6, 6.07) is 11.5. The van der Waals surface area contributed by atoms with Gasteiger partial charge < -0.3 is 10.1 Å². The molecule has 0 saturated carbocycles. The van der Waals surface area contributed by atoms with Gasteiger partial charge in [0.1, 0.15) is 17.7 Å². The molecule has 0 bridgehead atoms. The van der Waals surface area contributed by atoms with Crippen molar-refractivity contribution in [1.82, 2.24) is 5.32 Å². The third kappa shape index (κ3) is 2.83. The molecule has 0 aliphatic carbocycles. The molecule has 1 aliphatic rings. The van der Waals surface area contributed by atoms with Crippen LogP contribution in [0.4, 0.5) is 4.39 Å². The van der Waals surface area contributed by atoms with E-state index < -0.39 is 0 Å². The Morgan fingerprint density at radius 2 is 2.05 bits per heavy atom. The number of fused-ring (bicyclic) bond motifs is 1. The van der Waals surface area contributed by atoms with Crippen LogP contribution in [0.15, 0.2) is 40.9 Å². The molecule has 2 aromatic carbocycles. The largest absolute Gasteiger partial charge is 0.485 e. The minimum absolute atomic E-state index is 0.133. The molecule has 2 unspecified atom stereocenters. The molecule has 0 saturated heterocycles.